The van der Waals surface area contributed by atoms with Gasteiger partial charge < -0.3 is 10.1 Å². The maximum atomic E-state index is 12.0. The number of methoxy groups -OCH3 is 1. The molecule has 0 aliphatic rings. The van der Waals surface area contributed by atoms with Crippen LogP contribution >= 0.6 is 11.8 Å². The van der Waals surface area contributed by atoms with Gasteiger partial charge in [-0.25, -0.2) is 4.68 Å². The van der Waals surface area contributed by atoms with Crippen molar-refractivity contribution >= 4 is 23.4 Å². The van der Waals surface area contributed by atoms with Crippen LogP contribution < -0.4 is 10.1 Å². The van der Waals surface area contributed by atoms with E-state index in [1.54, 1.807) is 11.8 Å². The fourth-order valence-corrected chi connectivity index (χ4v) is 2.69. The van der Waals surface area contributed by atoms with Gasteiger partial charge in [-0.1, -0.05) is 0 Å². The summed E-state index contributed by atoms with van der Waals surface area (Å²) in [5.74, 6) is 1.07. The van der Waals surface area contributed by atoms with E-state index in [0.29, 0.717) is 5.75 Å². The second-order valence-corrected chi connectivity index (χ2v) is 5.86. The first-order valence-electron chi connectivity index (χ1n) is 7.15. The first-order valence-corrected chi connectivity index (χ1v) is 8.13. The van der Waals surface area contributed by atoms with Gasteiger partial charge in [0, 0.05) is 10.6 Å². The summed E-state index contributed by atoms with van der Waals surface area (Å²) in [6.45, 7) is 0. The number of hydrogen-bond donors (Lipinski definition) is 1. The number of anilines is 1. The molecule has 1 N–H and O–H groups in total. The van der Waals surface area contributed by atoms with Crippen molar-refractivity contribution in [3.05, 3.63) is 54.9 Å². The molecule has 0 unspecified atom stereocenters. The van der Waals surface area contributed by atoms with Crippen LogP contribution in [-0.4, -0.2) is 39.0 Å². The quantitative estimate of drug-likeness (QED) is 0.693. The zero-order chi connectivity index (χ0) is 16.8. The van der Waals surface area contributed by atoms with Crippen LogP contribution in [0.25, 0.3) is 5.69 Å². The Morgan fingerprint density at radius 2 is 1.92 bits per heavy atom. The number of carbonyl (C=O) groups is 1. The maximum Gasteiger partial charge on any atom is 0.234 e. The predicted molar refractivity (Wildman–Crippen MR) is 91.5 cm³/mol. The molecule has 24 heavy (non-hydrogen) atoms. The van der Waals surface area contributed by atoms with Crippen molar-refractivity contribution in [3.63, 3.8) is 0 Å². The number of amides is 1. The number of aromatic nitrogens is 4. The molecule has 0 bridgehead atoms. The molecule has 0 saturated heterocycles. The molecule has 0 spiro atoms. The molecule has 0 saturated carbocycles. The molecule has 3 aromatic rings. The highest BCUT2D eigenvalue weighted by molar-refractivity contribution is 8.00. The highest BCUT2D eigenvalue weighted by Crippen LogP contribution is 2.21. The van der Waals surface area contributed by atoms with E-state index in [2.05, 4.69) is 20.8 Å². The number of nitrogens with one attached hydrogen (secondary N) is 1. The van der Waals surface area contributed by atoms with Crippen molar-refractivity contribution in [2.24, 2.45) is 0 Å². The molecule has 0 fully saturated rings. The fraction of sp³-hybridized carbons (Fsp3) is 0.125. The Hall–Kier alpha value is -2.87. The van der Waals surface area contributed by atoms with Crippen LogP contribution in [0.4, 0.5) is 5.69 Å². The SMILES string of the molecule is COc1ccc(SCC(=O)Nc2ccc(-n3cnnn3)cc2)cc1. The second-order valence-electron chi connectivity index (χ2n) is 4.81. The predicted octanol–water partition coefficient (Wildman–Crippen LogP) is 2.40. The zero-order valence-electron chi connectivity index (χ0n) is 12.9. The Kier molecular flexibility index (Phi) is 5.07. The highest BCUT2D eigenvalue weighted by atomic mass is 32.2. The van der Waals surface area contributed by atoms with Crippen LogP contribution in [0.2, 0.25) is 0 Å². The molecule has 0 atom stereocenters. The van der Waals surface area contributed by atoms with Gasteiger partial charge in [0.05, 0.1) is 18.6 Å². The molecule has 8 heteroatoms. The minimum Gasteiger partial charge on any atom is -0.497 e. The smallest absolute Gasteiger partial charge is 0.234 e. The van der Waals surface area contributed by atoms with E-state index in [-0.39, 0.29) is 5.91 Å². The summed E-state index contributed by atoms with van der Waals surface area (Å²) >= 11 is 1.47. The lowest BCUT2D eigenvalue weighted by Crippen LogP contribution is -2.13. The Bertz CT molecular complexity index is 788. The van der Waals surface area contributed by atoms with Crippen molar-refractivity contribution in [2.75, 3.05) is 18.2 Å². The van der Waals surface area contributed by atoms with Gasteiger partial charge in [0.1, 0.15) is 12.1 Å². The number of nitrogens with zero attached hydrogens (tertiary/aromatic N) is 4. The van der Waals surface area contributed by atoms with Crippen molar-refractivity contribution in [1.29, 1.82) is 0 Å². The van der Waals surface area contributed by atoms with Crippen molar-refractivity contribution < 1.29 is 9.53 Å². The van der Waals surface area contributed by atoms with Crippen LogP contribution in [0.3, 0.4) is 0 Å². The molecular weight excluding hydrogens is 326 g/mol. The molecule has 0 aliphatic carbocycles. The topological polar surface area (TPSA) is 81.9 Å². The van der Waals surface area contributed by atoms with E-state index >= 15 is 0 Å². The molecule has 1 aromatic heterocycles. The van der Waals surface area contributed by atoms with Gasteiger partial charge in [-0.3, -0.25) is 4.79 Å². The number of thioether (sulfide) groups is 1. The highest BCUT2D eigenvalue weighted by Gasteiger charge is 2.05. The Morgan fingerprint density at radius 3 is 2.54 bits per heavy atom. The third-order valence-electron chi connectivity index (χ3n) is 3.19. The van der Waals surface area contributed by atoms with Crippen molar-refractivity contribution in [3.8, 4) is 11.4 Å². The normalized spacial score (nSPS) is 10.4. The first kappa shape index (κ1) is 16.0. The molecule has 7 nitrogen and oxygen atoms in total. The average molecular weight is 341 g/mol. The third-order valence-corrected chi connectivity index (χ3v) is 4.21. The van der Waals surface area contributed by atoms with E-state index in [9.17, 15) is 4.79 Å². The fourth-order valence-electron chi connectivity index (χ4n) is 1.99. The summed E-state index contributed by atoms with van der Waals surface area (Å²) in [6.07, 6.45) is 1.51. The van der Waals surface area contributed by atoms with E-state index in [1.807, 2.05) is 48.5 Å². The number of rotatable bonds is 6. The number of tetrazole rings is 1. The monoisotopic (exact) mass is 341 g/mol. The Balaban J connectivity index is 1.52. The molecular formula is C16H15N5O2S. The van der Waals surface area contributed by atoms with Gasteiger partial charge in [0.25, 0.3) is 0 Å². The number of benzene rings is 2. The summed E-state index contributed by atoms with van der Waals surface area (Å²) in [6, 6.07) is 14.9. The lowest BCUT2D eigenvalue weighted by molar-refractivity contribution is -0.113. The van der Waals surface area contributed by atoms with Crippen LogP contribution in [-0.2, 0) is 4.79 Å². The minimum atomic E-state index is -0.0639. The number of ether oxygens (including phenoxy) is 1. The lowest BCUT2D eigenvalue weighted by atomic mass is 10.3. The summed E-state index contributed by atoms with van der Waals surface area (Å²) in [5, 5.41) is 13.8. The largest absolute Gasteiger partial charge is 0.497 e. The first-order chi connectivity index (χ1) is 11.7. The maximum absolute atomic E-state index is 12.0. The van der Waals surface area contributed by atoms with Crippen molar-refractivity contribution in [2.45, 2.75) is 4.90 Å². The van der Waals surface area contributed by atoms with Crippen LogP contribution in [0, 0.1) is 0 Å². The second kappa shape index (κ2) is 7.60. The van der Waals surface area contributed by atoms with E-state index < -0.39 is 0 Å². The van der Waals surface area contributed by atoms with Gasteiger partial charge in [-0.15, -0.1) is 16.9 Å². The molecule has 3 rings (SSSR count). The van der Waals surface area contributed by atoms with Crippen LogP contribution in [0.15, 0.2) is 59.8 Å². The zero-order valence-corrected chi connectivity index (χ0v) is 13.7. The van der Waals surface area contributed by atoms with E-state index in [4.69, 9.17) is 4.74 Å². The van der Waals surface area contributed by atoms with Gasteiger partial charge in [-0.05, 0) is 59.0 Å². The van der Waals surface area contributed by atoms with E-state index in [1.165, 1.54) is 18.1 Å². The average Bonchev–Trinajstić information content (AvgIpc) is 3.16. The van der Waals surface area contributed by atoms with Crippen molar-refractivity contribution in [1.82, 2.24) is 20.2 Å². The molecule has 122 valence electrons. The molecule has 0 radical (unpaired) electrons. The molecule has 0 aliphatic heterocycles. The molecule has 2 aromatic carbocycles. The standard InChI is InChI=1S/C16H15N5O2S/c1-23-14-6-8-15(9-7-14)24-10-16(22)18-12-2-4-13(5-3-12)21-11-17-19-20-21/h2-9,11H,10H2,1H3,(H,18,22). The summed E-state index contributed by atoms with van der Waals surface area (Å²) in [5.41, 5.74) is 1.55. The van der Waals surface area contributed by atoms with Gasteiger partial charge in [0.15, 0.2) is 0 Å². The third kappa shape index (κ3) is 4.11. The van der Waals surface area contributed by atoms with E-state index in [0.717, 1.165) is 22.0 Å². The summed E-state index contributed by atoms with van der Waals surface area (Å²) in [7, 11) is 1.63. The molecule has 1 heterocycles. The van der Waals surface area contributed by atoms with Crippen LogP contribution in [0.1, 0.15) is 0 Å². The Labute approximate surface area is 143 Å². The number of carbonyl (C=O) groups excluding carboxylic acids is 1. The van der Waals surface area contributed by atoms with Gasteiger partial charge in [0.2, 0.25) is 5.91 Å². The Morgan fingerprint density at radius 1 is 1.17 bits per heavy atom. The minimum absolute atomic E-state index is 0.0639. The van der Waals surface area contributed by atoms with Gasteiger partial charge in [-0.2, -0.15) is 0 Å². The summed E-state index contributed by atoms with van der Waals surface area (Å²) in [4.78, 5) is 13.0. The lowest BCUT2D eigenvalue weighted by Gasteiger charge is -2.07. The van der Waals surface area contributed by atoms with Crippen LogP contribution in [0.5, 0.6) is 5.75 Å². The number of hydrogen-bond acceptors (Lipinski definition) is 6. The molecule has 1 amide bonds. The summed E-state index contributed by atoms with van der Waals surface area (Å²) < 4.78 is 6.65. The van der Waals surface area contributed by atoms with Gasteiger partial charge >= 0.3 is 0 Å².